The topological polar surface area (TPSA) is 75.6 Å². The van der Waals surface area contributed by atoms with Gasteiger partial charge < -0.3 is 15.2 Å². The molecule has 0 saturated carbocycles. The largest absolute Gasteiger partial charge is 0.481 e. The zero-order valence-corrected chi connectivity index (χ0v) is 12.2. The molecule has 1 heterocycles. The predicted octanol–water partition coefficient (Wildman–Crippen LogP) is 2.20. The van der Waals surface area contributed by atoms with Gasteiger partial charge in [0.05, 0.1) is 12.5 Å². The Balaban J connectivity index is 2.11. The van der Waals surface area contributed by atoms with E-state index in [2.05, 4.69) is 5.32 Å². The summed E-state index contributed by atoms with van der Waals surface area (Å²) in [5.74, 6) is -1.16. The Morgan fingerprint density at radius 2 is 2.14 bits per heavy atom. The molecule has 1 fully saturated rings. The fourth-order valence-electron chi connectivity index (χ4n) is 2.60. The van der Waals surface area contributed by atoms with Crippen LogP contribution < -0.4 is 5.32 Å². The van der Waals surface area contributed by atoms with Crippen LogP contribution in [0.15, 0.2) is 24.3 Å². The number of hydrogen-bond acceptors (Lipinski definition) is 3. The average molecular weight is 291 g/mol. The molecular weight excluding hydrogens is 270 g/mol. The minimum Gasteiger partial charge on any atom is -0.481 e. The van der Waals surface area contributed by atoms with Crippen molar-refractivity contribution >= 4 is 11.9 Å². The molecule has 0 spiro atoms. The highest BCUT2D eigenvalue weighted by Crippen LogP contribution is 2.22. The van der Waals surface area contributed by atoms with Crippen molar-refractivity contribution in [1.29, 1.82) is 0 Å². The number of carbonyl (C=O) groups is 2. The van der Waals surface area contributed by atoms with E-state index in [9.17, 15) is 9.59 Å². The number of rotatable bonds is 5. The van der Waals surface area contributed by atoms with Gasteiger partial charge in [0.2, 0.25) is 5.91 Å². The lowest BCUT2D eigenvalue weighted by Crippen LogP contribution is -2.41. The summed E-state index contributed by atoms with van der Waals surface area (Å²) in [6, 6.07) is 6.98. The summed E-state index contributed by atoms with van der Waals surface area (Å²) in [4.78, 5) is 23.3. The van der Waals surface area contributed by atoms with E-state index in [1.807, 2.05) is 31.2 Å². The zero-order chi connectivity index (χ0) is 15.2. The molecule has 5 heteroatoms. The number of hydrogen-bond donors (Lipinski definition) is 2. The number of carboxylic acid groups (broad SMARTS) is 1. The smallest absolute Gasteiger partial charge is 0.305 e. The summed E-state index contributed by atoms with van der Waals surface area (Å²) in [5, 5.41) is 11.9. The van der Waals surface area contributed by atoms with Crippen LogP contribution in [0.3, 0.4) is 0 Å². The highest BCUT2D eigenvalue weighted by molar-refractivity contribution is 5.82. The van der Waals surface area contributed by atoms with Crippen LogP contribution in [-0.2, 0) is 14.3 Å². The molecule has 1 aromatic carbocycles. The molecule has 5 nitrogen and oxygen atoms in total. The first-order valence-electron chi connectivity index (χ1n) is 7.27. The third-order valence-electron chi connectivity index (χ3n) is 3.73. The first-order valence-corrected chi connectivity index (χ1v) is 7.27. The molecule has 1 amide bonds. The summed E-state index contributed by atoms with van der Waals surface area (Å²) in [5.41, 5.74) is 1.80. The molecule has 2 N–H and O–H groups in total. The van der Waals surface area contributed by atoms with Gasteiger partial charge in [-0.3, -0.25) is 9.59 Å². The molecule has 2 atom stereocenters. The average Bonchev–Trinajstić information content (AvgIpc) is 2.47. The third-order valence-corrected chi connectivity index (χ3v) is 3.73. The molecule has 21 heavy (non-hydrogen) atoms. The van der Waals surface area contributed by atoms with Crippen molar-refractivity contribution in [2.24, 2.45) is 0 Å². The molecule has 0 bridgehead atoms. The molecule has 2 rings (SSSR count). The highest BCUT2D eigenvalue weighted by Gasteiger charge is 2.26. The number of ether oxygens (including phenoxy) is 1. The van der Waals surface area contributed by atoms with Gasteiger partial charge in [0.25, 0.3) is 0 Å². The summed E-state index contributed by atoms with van der Waals surface area (Å²) in [6.45, 7) is 2.50. The molecule has 0 aliphatic carbocycles. The number of aryl methyl sites for hydroxylation is 1. The lowest BCUT2D eigenvalue weighted by molar-refractivity contribution is -0.139. The van der Waals surface area contributed by atoms with Crippen LogP contribution in [0.2, 0.25) is 0 Å². The summed E-state index contributed by atoms with van der Waals surface area (Å²) >= 11 is 0. The van der Waals surface area contributed by atoms with Gasteiger partial charge in [0, 0.05) is 6.61 Å². The van der Waals surface area contributed by atoms with Gasteiger partial charge in [-0.05, 0) is 37.3 Å². The number of carboxylic acids is 1. The van der Waals surface area contributed by atoms with E-state index in [4.69, 9.17) is 9.84 Å². The van der Waals surface area contributed by atoms with Crippen molar-refractivity contribution in [2.45, 2.75) is 44.8 Å². The fraction of sp³-hybridized carbons (Fsp3) is 0.500. The van der Waals surface area contributed by atoms with Crippen molar-refractivity contribution in [2.75, 3.05) is 6.61 Å². The van der Waals surface area contributed by atoms with Crippen LogP contribution in [0.4, 0.5) is 0 Å². The van der Waals surface area contributed by atoms with Crippen molar-refractivity contribution in [3.05, 3.63) is 35.4 Å². The Morgan fingerprint density at radius 1 is 1.38 bits per heavy atom. The SMILES string of the molecule is Cc1ccccc1C(CC(=O)O)NC(=O)C1CCCCO1. The maximum Gasteiger partial charge on any atom is 0.305 e. The number of nitrogens with one attached hydrogen (secondary N) is 1. The van der Waals surface area contributed by atoms with Crippen LogP contribution in [-0.4, -0.2) is 29.7 Å². The number of carbonyl (C=O) groups excluding carboxylic acids is 1. The van der Waals surface area contributed by atoms with E-state index in [-0.39, 0.29) is 12.3 Å². The van der Waals surface area contributed by atoms with Gasteiger partial charge in [-0.2, -0.15) is 0 Å². The molecule has 2 unspecified atom stereocenters. The lowest BCUT2D eigenvalue weighted by atomic mass is 9.98. The minimum absolute atomic E-state index is 0.136. The molecule has 1 saturated heterocycles. The van der Waals surface area contributed by atoms with E-state index < -0.39 is 18.1 Å². The lowest BCUT2D eigenvalue weighted by Gasteiger charge is -2.25. The minimum atomic E-state index is -0.937. The van der Waals surface area contributed by atoms with Crippen molar-refractivity contribution in [3.63, 3.8) is 0 Å². The van der Waals surface area contributed by atoms with Crippen LogP contribution in [0, 0.1) is 6.92 Å². The van der Waals surface area contributed by atoms with Crippen LogP contribution in [0.5, 0.6) is 0 Å². The van der Waals surface area contributed by atoms with E-state index in [0.717, 1.165) is 24.0 Å². The van der Waals surface area contributed by atoms with E-state index >= 15 is 0 Å². The quantitative estimate of drug-likeness (QED) is 0.872. The monoisotopic (exact) mass is 291 g/mol. The van der Waals surface area contributed by atoms with E-state index in [0.29, 0.717) is 13.0 Å². The van der Waals surface area contributed by atoms with Crippen molar-refractivity contribution < 1.29 is 19.4 Å². The molecule has 1 aliphatic heterocycles. The third kappa shape index (κ3) is 4.29. The summed E-state index contributed by atoms with van der Waals surface area (Å²) < 4.78 is 5.45. The Labute approximate surface area is 124 Å². The molecule has 1 aromatic rings. The van der Waals surface area contributed by atoms with Crippen LogP contribution >= 0.6 is 0 Å². The van der Waals surface area contributed by atoms with E-state index in [1.165, 1.54) is 0 Å². The first kappa shape index (κ1) is 15.5. The second-order valence-electron chi connectivity index (χ2n) is 5.37. The Bertz CT molecular complexity index is 509. The van der Waals surface area contributed by atoms with Gasteiger partial charge in [0.1, 0.15) is 6.10 Å². The van der Waals surface area contributed by atoms with Crippen molar-refractivity contribution in [1.82, 2.24) is 5.32 Å². The number of amides is 1. The fourth-order valence-corrected chi connectivity index (χ4v) is 2.60. The van der Waals surface area contributed by atoms with Gasteiger partial charge in [0.15, 0.2) is 0 Å². The number of benzene rings is 1. The Kier molecular flexibility index (Phi) is 5.33. The van der Waals surface area contributed by atoms with Gasteiger partial charge in [-0.25, -0.2) is 0 Å². The van der Waals surface area contributed by atoms with Gasteiger partial charge in [-0.15, -0.1) is 0 Å². The number of aliphatic carboxylic acids is 1. The predicted molar refractivity (Wildman–Crippen MR) is 77.9 cm³/mol. The molecule has 0 radical (unpaired) electrons. The maximum atomic E-state index is 12.2. The first-order chi connectivity index (χ1) is 10.1. The van der Waals surface area contributed by atoms with Gasteiger partial charge in [-0.1, -0.05) is 24.3 Å². The molecule has 1 aliphatic rings. The standard InChI is InChI=1S/C16H21NO4/c1-11-6-2-3-7-12(11)13(10-15(18)19)17-16(20)14-8-4-5-9-21-14/h2-3,6-7,13-14H,4-5,8-10H2,1H3,(H,17,20)(H,18,19). The van der Waals surface area contributed by atoms with Crippen LogP contribution in [0.25, 0.3) is 0 Å². The molecule has 0 aromatic heterocycles. The van der Waals surface area contributed by atoms with Gasteiger partial charge >= 0.3 is 5.97 Å². The zero-order valence-electron chi connectivity index (χ0n) is 12.2. The second kappa shape index (κ2) is 7.22. The van der Waals surface area contributed by atoms with Crippen molar-refractivity contribution in [3.8, 4) is 0 Å². The summed E-state index contributed by atoms with van der Waals surface area (Å²) in [6.07, 6.45) is 2.04. The Morgan fingerprint density at radius 3 is 2.76 bits per heavy atom. The highest BCUT2D eigenvalue weighted by atomic mass is 16.5. The summed E-state index contributed by atoms with van der Waals surface area (Å²) in [7, 11) is 0. The normalized spacial score (nSPS) is 19.8. The maximum absolute atomic E-state index is 12.2. The Hall–Kier alpha value is -1.88. The molecule has 114 valence electrons. The second-order valence-corrected chi connectivity index (χ2v) is 5.37. The van der Waals surface area contributed by atoms with E-state index in [1.54, 1.807) is 0 Å². The van der Waals surface area contributed by atoms with Crippen LogP contribution in [0.1, 0.15) is 42.9 Å². The molecular formula is C16H21NO4.